The molecule has 0 aromatic rings. The Labute approximate surface area is 127 Å². The maximum Gasteiger partial charge on any atom is 0.0300 e. The molecule has 0 nitrogen and oxygen atoms in total. The first-order valence-corrected chi connectivity index (χ1v) is 13.5. The lowest BCUT2D eigenvalue weighted by Crippen LogP contribution is -2.28. The minimum absolute atomic E-state index is 0.246. The summed E-state index contributed by atoms with van der Waals surface area (Å²) in [5.41, 5.74) is 0. The first-order chi connectivity index (χ1) is 9.12. The van der Waals surface area contributed by atoms with E-state index in [0.717, 1.165) is 4.64 Å². The van der Waals surface area contributed by atoms with E-state index in [1.165, 1.54) is 49.8 Å². The molecule has 0 bridgehead atoms. The predicted octanol–water partition coefficient (Wildman–Crippen LogP) is 7.01. The van der Waals surface area contributed by atoms with Crippen LogP contribution < -0.4 is 0 Å². The van der Waals surface area contributed by atoms with Crippen molar-refractivity contribution >= 4 is 23.8 Å². The molecule has 0 aliphatic carbocycles. The summed E-state index contributed by atoms with van der Waals surface area (Å²) in [6.07, 6.45) is 11.7. The standard InChI is InChI=1S/C16H37P3/c1-8-15-16(17(9-2)10-3,18(11-4)12-5)19(13-6)14-7/h8-15H2,1-7H3. The molecule has 3 heteroatoms. The molecule has 0 aliphatic rings. The average molecular weight is 322 g/mol. The number of rotatable bonds is 11. The Hall–Kier alpha value is 1.29. The summed E-state index contributed by atoms with van der Waals surface area (Å²) >= 11 is 0. The first kappa shape index (κ1) is 20.3. The molecule has 0 saturated carbocycles. The zero-order valence-corrected chi connectivity index (χ0v) is 17.2. The summed E-state index contributed by atoms with van der Waals surface area (Å²) in [5.74, 6) is 0. The predicted molar refractivity (Wildman–Crippen MR) is 102 cm³/mol. The average Bonchev–Trinajstić information content (AvgIpc) is 2.42. The van der Waals surface area contributed by atoms with Gasteiger partial charge in [-0.15, -0.1) is 0 Å². The van der Waals surface area contributed by atoms with Gasteiger partial charge in [0.05, 0.1) is 0 Å². The van der Waals surface area contributed by atoms with E-state index in [0.29, 0.717) is 0 Å². The van der Waals surface area contributed by atoms with Crippen LogP contribution in [0.4, 0.5) is 0 Å². The van der Waals surface area contributed by atoms with Crippen molar-refractivity contribution < 1.29 is 0 Å². The largest absolute Gasteiger partial charge is 0.0919 e. The van der Waals surface area contributed by atoms with E-state index >= 15 is 0 Å². The van der Waals surface area contributed by atoms with Gasteiger partial charge in [0, 0.05) is 4.64 Å². The molecule has 0 fully saturated rings. The molecule has 0 radical (unpaired) electrons. The van der Waals surface area contributed by atoms with E-state index in [-0.39, 0.29) is 23.8 Å². The fourth-order valence-corrected chi connectivity index (χ4v) is 19.5. The van der Waals surface area contributed by atoms with Crippen LogP contribution in [0, 0.1) is 0 Å². The van der Waals surface area contributed by atoms with Crippen LogP contribution in [-0.4, -0.2) is 41.6 Å². The van der Waals surface area contributed by atoms with Gasteiger partial charge in [0.25, 0.3) is 0 Å². The van der Waals surface area contributed by atoms with Gasteiger partial charge in [-0.25, -0.2) is 0 Å². The molecule has 0 heterocycles. The van der Waals surface area contributed by atoms with Crippen molar-refractivity contribution in [2.75, 3.05) is 37.0 Å². The third-order valence-corrected chi connectivity index (χ3v) is 17.8. The van der Waals surface area contributed by atoms with Crippen molar-refractivity contribution in [1.82, 2.24) is 0 Å². The summed E-state index contributed by atoms with van der Waals surface area (Å²) < 4.78 is 0.797. The van der Waals surface area contributed by atoms with Crippen LogP contribution in [0.5, 0.6) is 0 Å². The molecule has 19 heavy (non-hydrogen) atoms. The van der Waals surface area contributed by atoms with Gasteiger partial charge >= 0.3 is 0 Å². The summed E-state index contributed by atoms with van der Waals surface area (Å²) in [7, 11) is 0.737. The van der Waals surface area contributed by atoms with Crippen LogP contribution in [0.3, 0.4) is 0 Å². The van der Waals surface area contributed by atoms with Crippen molar-refractivity contribution in [1.29, 1.82) is 0 Å². The number of hydrogen-bond donors (Lipinski definition) is 0. The molecule has 0 rings (SSSR count). The van der Waals surface area contributed by atoms with Gasteiger partial charge in [-0.2, -0.15) is 0 Å². The Kier molecular flexibility index (Phi) is 11.7. The monoisotopic (exact) mass is 322 g/mol. The van der Waals surface area contributed by atoms with Gasteiger partial charge in [0.1, 0.15) is 0 Å². The first-order valence-electron chi connectivity index (χ1n) is 8.37. The zero-order chi connectivity index (χ0) is 14.9. The lowest BCUT2D eigenvalue weighted by Gasteiger charge is -2.52. The quantitative estimate of drug-likeness (QED) is 0.359. The van der Waals surface area contributed by atoms with Gasteiger partial charge < -0.3 is 0 Å². The highest BCUT2D eigenvalue weighted by atomic mass is 31.2. The van der Waals surface area contributed by atoms with E-state index < -0.39 is 0 Å². The number of hydrogen-bond acceptors (Lipinski definition) is 0. The maximum absolute atomic E-state index is 2.47. The van der Waals surface area contributed by atoms with Gasteiger partial charge in [0.15, 0.2) is 0 Å². The molecule has 0 aromatic carbocycles. The third-order valence-electron chi connectivity index (χ3n) is 4.40. The van der Waals surface area contributed by atoms with Gasteiger partial charge in [-0.3, -0.25) is 0 Å². The second-order valence-electron chi connectivity index (χ2n) is 5.04. The van der Waals surface area contributed by atoms with Crippen LogP contribution >= 0.6 is 23.8 Å². The highest BCUT2D eigenvalue weighted by molar-refractivity contribution is 7.93. The molecule has 0 unspecified atom stereocenters. The molecule has 0 atom stereocenters. The summed E-state index contributed by atoms with van der Waals surface area (Å²) in [4.78, 5) is 0. The normalized spacial score (nSPS) is 12.9. The van der Waals surface area contributed by atoms with Crippen molar-refractivity contribution in [2.45, 2.75) is 65.9 Å². The fourth-order valence-electron chi connectivity index (χ4n) is 3.60. The van der Waals surface area contributed by atoms with Crippen LogP contribution in [0.15, 0.2) is 0 Å². The highest BCUT2D eigenvalue weighted by Gasteiger charge is 2.45. The van der Waals surface area contributed by atoms with Gasteiger partial charge in [-0.1, -0.05) is 78.7 Å². The Balaban J connectivity index is 5.68. The Morgan fingerprint density at radius 3 is 0.947 bits per heavy atom. The molecule has 0 spiro atoms. The minimum atomic E-state index is 0.246. The summed E-state index contributed by atoms with van der Waals surface area (Å²) in [6.45, 7) is 17.2. The zero-order valence-electron chi connectivity index (χ0n) is 14.5. The molecule has 0 aliphatic heterocycles. The Morgan fingerprint density at radius 2 is 0.789 bits per heavy atom. The molecule has 0 amide bonds. The molecule has 116 valence electrons. The smallest absolute Gasteiger partial charge is 0.0300 e. The van der Waals surface area contributed by atoms with E-state index in [9.17, 15) is 0 Å². The highest BCUT2D eigenvalue weighted by Crippen LogP contribution is 2.81. The van der Waals surface area contributed by atoms with Crippen molar-refractivity contribution in [3.05, 3.63) is 0 Å². The van der Waals surface area contributed by atoms with Crippen LogP contribution in [0.25, 0.3) is 0 Å². The van der Waals surface area contributed by atoms with Gasteiger partial charge in [0.2, 0.25) is 0 Å². The van der Waals surface area contributed by atoms with Gasteiger partial charge in [-0.05, 0) is 43.4 Å². The molecule has 0 N–H and O–H groups in total. The summed E-state index contributed by atoms with van der Waals surface area (Å²) in [6, 6.07) is 0. The van der Waals surface area contributed by atoms with E-state index in [1.807, 2.05) is 0 Å². The third kappa shape index (κ3) is 4.63. The fraction of sp³-hybridized carbons (Fsp3) is 1.00. The summed E-state index contributed by atoms with van der Waals surface area (Å²) in [5, 5.41) is 0. The van der Waals surface area contributed by atoms with Crippen molar-refractivity contribution in [2.24, 2.45) is 0 Å². The topological polar surface area (TPSA) is 0 Å². The SMILES string of the molecule is CCCC(P(CC)CC)(P(CC)CC)P(CC)CC. The van der Waals surface area contributed by atoms with E-state index in [1.54, 1.807) is 0 Å². The van der Waals surface area contributed by atoms with Crippen LogP contribution in [0.1, 0.15) is 61.3 Å². The molecular weight excluding hydrogens is 285 g/mol. The Bertz CT molecular complexity index is 175. The minimum Gasteiger partial charge on any atom is -0.0919 e. The molecule has 0 aromatic heterocycles. The van der Waals surface area contributed by atoms with E-state index in [4.69, 9.17) is 0 Å². The molecular formula is C16H37P3. The van der Waals surface area contributed by atoms with E-state index in [2.05, 4.69) is 48.5 Å². The molecule has 0 saturated heterocycles. The maximum atomic E-state index is 2.47. The van der Waals surface area contributed by atoms with Crippen LogP contribution in [0.2, 0.25) is 0 Å². The second-order valence-corrected chi connectivity index (χ2v) is 15.4. The Morgan fingerprint density at radius 1 is 0.526 bits per heavy atom. The van der Waals surface area contributed by atoms with Crippen LogP contribution in [-0.2, 0) is 0 Å². The second kappa shape index (κ2) is 10.9. The van der Waals surface area contributed by atoms with Crippen molar-refractivity contribution in [3.63, 3.8) is 0 Å². The lowest BCUT2D eigenvalue weighted by atomic mass is 10.4. The van der Waals surface area contributed by atoms with Crippen molar-refractivity contribution in [3.8, 4) is 0 Å². The lowest BCUT2D eigenvalue weighted by molar-refractivity contribution is 0.811.